The van der Waals surface area contributed by atoms with Gasteiger partial charge in [0.25, 0.3) is 0 Å². The van der Waals surface area contributed by atoms with E-state index in [1.807, 2.05) is 30.3 Å². The first-order valence-electron chi connectivity index (χ1n) is 23.1. The second-order valence-corrected chi connectivity index (χ2v) is 16.4. The average Bonchev–Trinajstić information content (AvgIpc) is 3.21. The Hall–Kier alpha value is -2.20. The second kappa shape index (κ2) is 34.6. The van der Waals surface area contributed by atoms with Crippen LogP contribution in [-0.2, 0) is 39.9 Å². The molecule has 1 aliphatic rings. The summed E-state index contributed by atoms with van der Waals surface area (Å²) in [6, 6.07) is 8.43. The molecule has 1 heterocycles. The molecule has 1 aromatic carbocycles. The number of unbranched alkanes of at least 4 members (excludes halogenated alkanes) is 24. The first-order valence-corrected chi connectivity index (χ1v) is 23.6. The fourth-order valence-electron chi connectivity index (χ4n) is 7.59. The molecule has 5 atom stereocenters. The number of carbonyl (C=O) groups is 3. The van der Waals surface area contributed by atoms with E-state index >= 15 is 0 Å². The zero-order valence-corrected chi connectivity index (χ0v) is 36.6. The summed E-state index contributed by atoms with van der Waals surface area (Å²) >= 11 is 5.85. The number of benzene rings is 1. The van der Waals surface area contributed by atoms with Gasteiger partial charge in [-0.3, -0.25) is 14.4 Å². The minimum atomic E-state index is -1.49. The van der Waals surface area contributed by atoms with Gasteiger partial charge in [0.15, 0.2) is 12.4 Å². The Morgan fingerprint density at radius 2 is 1.09 bits per heavy atom. The largest absolute Gasteiger partial charge is 0.463 e. The van der Waals surface area contributed by atoms with Gasteiger partial charge in [-0.25, -0.2) is 0 Å². The average molecular weight is 823 g/mol. The Morgan fingerprint density at radius 1 is 0.632 bits per heavy atom. The van der Waals surface area contributed by atoms with Gasteiger partial charge in [-0.15, -0.1) is 11.6 Å². The molecule has 2 rings (SSSR count). The number of hydrogen-bond acceptors (Lipinski definition) is 8. The van der Waals surface area contributed by atoms with Crippen molar-refractivity contribution in [2.45, 2.75) is 231 Å². The molecule has 0 aliphatic carbocycles. The molecule has 0 aromatic heterocycles. The molecule has 1 fully saturated rings. The number of ether oxygens (including phenoxy) is 4. The first-order chi connectivity index (χ1) is 27.9. The van der Waals surface area contributed by atoms with E-state index in [-0.39, 0.29) is 31.5 Å². The summed E-state index contributed by atoms with van der Waals surface area (Å²) in [5.74, 6) is -1.75. The van der Waals surface area contributed by atoms with E-state index in [2.05, 4.69) is 19.2 Å². The number of aliphatic hydroxyl groups excluding tert-OH is 1. The summed E-state index contributed by atoms with van der Waals surface area (Å²) < 4.78 is 23.5. The lowest BCUT2D eigenvalue weighted by atomic mass is 9.95. The number of carbonyl (C=O) groups excluding carboxylic acids is 3. The van der Waals surface area contributed by atoms with Gasteiger partial charge < -0.3 is 29.4 Å². The van der Waals surface area contributed by atoms with Crippen LogP contribution < -0.4 is 5.32 Å². The van der Waals surface area contributed by atoms with Crippen molar-refractivity contribution in [1.29, 1.82) is 0 Å². The van der Waals surface area contributed by atoms with Crippen LogP contribution in [0.25, 0.3) is 0 Å². The molecule has 0 radical (unpaired) electrons. The molecule has 0 saturated carbocycles. The third kappa shape index (κ3) is 25.1. The number of hydrogen-bond donors (Lipinski definition) is 2. The van der Waals surface area contributed by atoms with Gasteiger partial charge in [0.1, 0.15) is 30.7 Å². The Balaban J connectivity index is 1.83. The number of nitrogens with one attached hydrogen (secondary N) is 1. The number of esters is 2. The van der Waals surface area contributed by atoms with Crippen LogP contribution in [0.15, 0.2) is 30.3 Å². The zero-order valence-electron chi connectivity index (χ0n) is 35.9. The molecule has 9 nitrogen and oxygen atoms in total. The van der Waals surface area contributed by atoms with Crippen molar-refractivity contribution in [3.8, 4) is 0 Å². The fraction of sp³-hybridized carbons (Fsp3) is 0.809. The Kier molecular flexibility index (Phi) is 31.0. The number of alkyl halides is 1. The van der Waals surface area contributed by atoms with E-state index in [4.69, 9.17) is 30.5 Å². The SMILES string of the molecule is CCCCCCCCCCCCCCCC(=O)N[C@@H]1[C@@H](OCc2ccccc2)[C@H](OC(=O)CCl)[C@@H](COC(=O)CCCCCCCCCCCCCCC)O[C@H]1O. The third-order valence-corrected chi connectivity index (χ3v) is 11.3. The van der Waals surface area contributed by atoms with E-state index in [9.17, 15) is 19.5 Å². The van der Waals surface area contributed by atoms with Crippen LogP contribution in [0, 0.1) is 0 Å². The topological polar surface area (TPSA) is 120 Å². The monoisotopic (exact) mass is 822 g/mol. The third-order valence-electron chi connectivity index (χ3n) is 11.1. The van der Waals surface area contributed by atoms with Crippen LogP contribution in [0.3, 0.4) is 0 Å². The molecular formula is C47H80ClNO8. The molecule has 1 aromatic rings. The molecule has 1 aliphatic heterocycles. The summed E-state index contributed by atoms with van der Waals surface area (Å²) in [6.45, 7) is 4.38. The lowest BCUT2D eigenvalue weighted by Crippen LogP contribution is -2.66. The maximum absolute atomic E-state index is 13.2. The summed E-state index contributed by atoms with van der Waals surface area (Å²) in [5.41, 5.74) is 0.860. The van der Waals surface area contributed by atoms with E-state index in [1.165, 1.54) is 128 Å². The van der Waals surface area contributed by atoms with Crippen LogP contribution >= 0.6 is 11.6 Å². The summed E-state index contributed by atoms with van der Waals surface area (Å²) in [7, 11) is 0. The standard InChI is InChI=1S/C47H80ClNO8/c1-3-5-7-9-11-13-15-17-19-21-23-25-30-34-41(50)49-44-46(55-37-39-32-28-27-29-33-39)45(57-43(52)36-48)40(56-47(44)53)38-54-42(51)35-31-26-24-22-20-18-16-14-12-10-8-6-4-2/h27-29,32-33,40,44-47,53H,3-26,30-31,34-38H2,1-2H3,(H,49,50)/t40-,44-,45-,46-,47-/m1/s1. The number of rotatable bonds is 36. The normalized spacial score (nSPS) is 19.3. The van der Waals surface area contributed by atoms with Gasteiger partial charge in [0.05, 0.1) is 6.61 Å². The smallest absolute Gasteiger partial charge is 0.321 e. The van der Waals surface area contributed by atoms with Crippen LogP contribution in [0.4, 0.5) is 0 Å². The van der Waals surface area contributed by atoms with Crippen LogP contribution in [0.5, 0.6) is 0 Å². The molecule has 2 N–H and O–H groups in total. The molecule has 0 unspecified atom stereocenters. The van der Waals surface area contributed by atoms with E-state index in [1.54, 1.807) is 0 Å². The van der Waals surface area contributed by atoms with Crippen molar-refractivity contribution in [3.63, 3.8) is 0 Å². The van der Waals surface area contributed by atoms with Crippen LogP contribution in [-0.4, -0.2) is 66.1 Å². The lowest BCUT2D eigenvalue weighted by molar-refractivity contribution is -0.269. The minimum Gasteiger partial charge on any atom is -0.463 e. The molecule has 0 bridgehead atoms. The highest BCUT2D eigenvalue weighted by Gasteiger charge is 2.49. The van der Waals surface area contributed by atoms with Crippen molar-refractivity contribution < 1.29 is 38.4 Å². The zero-order chi connectivity index (χ0) is 41.2. The number of amides is 1. The maximum atomic E-state index is 13.2. The van der Waals surface area contributed by atoms with E-state index in [0.29, 0.717) is 6.42 Å². The molecule has 328 valence electrons. The van der Waals surface area contributed by atoms with Crippen molar-refractivity contribution in [1.82, 2.24) is 5.32 Å². The molecule has 57 heavy (non-hydrogen) atoms. The van der Waals surface area contributed by atoms with Crippen LogP contribution in [0.2, 0.25) is 0 Å². The van der Waals surface area contributed by atoms with Gasteiger partial charge >= 0.3 is 11.9 Å². The van der Waals surface area contributed by atoms with Crippen molar-refractivity contribution in [2.75, 3.05) is 12.5 Å². The number of halogens is 1. The van der Waals surface area contributed by atoms with Gasteiger partial charge in [-0.2, -0.15) is 0 Å². The van der Waals surface area contributed by atoms with Crippen molar-refractivity contribution in [3.05, 3.63) is 35.9 Å². The molecular weight excluding hydrogens is 742 g/mol. The molecule has 10 heteroatoms. The predicted octanol–water partition coefficient (Wildman–Crippen LogP) is 11.4. The van der Waals surface area contributed by atoms with Gasteiger partial charge in [-0.1, -0.05) is 198 Å². The van der Waals surface area contributed by atoms with Crippen molar-refractivity contribution >= 4 is 29.4 Å². The quantitative estimate of drug-likeness (QED) is 0.0390. The van der Waals surface area contributed by atoms with E-state index < -0.39 is 42.5 Å². The Bertz CT molecular complexity index is 1140. The van der Waals surface area contributed by atoms with Crippen LogP contribution in [0.1, 0.15) is 199 Å². The highest BCUT2D eigenvalue weighted by molar-refractivity contribution is 6.26. The molecule has 0 spiro atoms. The van der Waals surface area contributed by atoms with Gasteiger partial charge in [0.2, 0.25) is 5.91 Å². The fourth-order valence-corrected chi connectivity index (χ4v) is 7.66. The number of aliphatic hydroxyl groups is 1. The predicted molar refractivity (Wildman–Crippen MR) is 230 cm³/mol. The Morgan fingerprint density at radius 3 is 1.56 bits per heavy atom. The highest BCUT2D eigenvalue weighted by atomic mass is 35.5. The first kappa shape index (κ1) is 50.9. The molecule has 1 saturated heterocycles. The maximum Gasteiger partial charge on any atom is 0.321 e. The second-order valence-electron chi connectivity index (χ2n) is 16.2. The van der Waals surface area contributed by atoms with Gasteiger partial charge in [0, 0.05) is 12.8 Å². The van der Waals surface area contributed by atoms with Gasteiger partial charge in [-0.05, 0) is 18.4 Å². The highest BCUT2D eigenvalue weighted by Crippen LogP contribution is 2.28. The Labute approximate surface area is 351 Å². The minimum absolute atomic E-state index is 0.129. The van der Waals surface area contributed by atoms with Crippen molar-refractivity contribution in [2.24, 2.45) is 0 Å². The van der Waals surface area contributed by atoms with E-state index in [0.717, 1.165) is 44.1 Å². The summed E-state index contributed by atoms with van der Waals surface area (Å²) in [5, 5.41) is 14.1. The summed E-state index contributed by atoms with van der Waals surface area (Å²) in [6.07, 6.45) is 27.5. The lowest BCUT2D eigenvalue weighted by Gasteiger charge is -2.44. The molecule has 1 amide bonds. The summed E-state index contributed by atoms with van der Waals surface area (Å²) in [4.78, 5) is 38.5.